The molecule has 39 heavy (non-hydrogen) atoms. The number of nitrogens with one attached hydrogen (secondary N) is 1. The Hall–Kier alpha value is -3.48. The molecule has 2 aromatic carbocycles. The van der Waals surface area contributed by atoms with Gasteiger partial charge in [-0.05, 0) is 24.5 Å². The third kappa shape index (κ3) is 13.8. The van der Waals surface area contributed by atoms with E-state index < -0.39 is 18.1 Å². The molecule has 0 radical (unpaired) electrons. The van der Waals surface area contributed by atoms with Crippen molar-refractivity contribution in [2.75, 3.05) is 6.61 Å². The number of nitrogens with zero attached hydrogens (tertiary/aromatic N) is 1. The maximum Gasteiger partial charge on any atom is 0.434 e. The van der Waals surface area contributed by atoms with E-state index in [2.05, 4.69) is 17.2 Å². The van der Waals surface area contributed by atoms with Crippen LogP contribution in [0.25, 0.3) is 0 Å². The number of amides is 2. The zero-order valence-electron chi connectivity index (χ0n) is 23.5. The van der Waals surface area contributed by atoms with Crippen LogP contribution in [0.1, 0.15) is 95.6 Å². The molecular weight excluding hydrogens is 492 g/mol. The highest BCUT2D eigenvalue weighted by Gasteiger charge is 2.25. The van der Waals surface area contributed by atoms with Crippen molar-refractivity contribution >= 4 is 23.7 Å². The standard InChI is InChI=1S/C32H44N2O5/c1-3-5-6-7-8-9-10-11-18-23-30(35)33-29(31(36)38-4-2)24-28(27-21-16-13-17-22-27)34-32(37)39-25-26-19-14-12-15-20-26/h12-17,19-22,29H,3-11,18,23-25H2,1-2H3,(H,33,35)/b34-28-/t29-/m0/s1. The Bertz CT molecular complexity index is 1010. The summed E-state index contributed by atoms with van der Waals surface area (Å²) in [4.78, 5) is 42.2. The summed E-state index contributed by atoms with van der Waals surface area (Å²) in [5.74, 6) is -0.769. The van der Waals surface area contributed by atoms with E-state index in [1.54, 1.807) is 19.1 Å². The summed E-state index contributed by atoms with van der Waals surface area (Å²) in [5, 5.41) is 2.81. The molecule has 7 nitrogen and oxygen atoms in total. The minimum absolute atomic E-state index is 0.00673. The van der Waals surface area contributed by atoms with E-state index in [1.165, 1.54) is 38.5 Å². The fraction of sp³-hybridized carbons (Fsp3) is 0.500. The number of rotatable bonds is 18. The zero-order valence-corrected chi connectivity index (χ0v) is 23.5. The highest BCUT2D eigenvalue weighted by Crippen LogP contribution is 2.13. The minimum atomic E-state index is -0.961. The Morgan fingerprint density at radius 2 is 1.36 bits per heavy atom. The maximum absolute atomic E-state index is 12.8. The third-order valence-corrected chi connectivity index (χ3v) is 6.35. The molecule has 0 fully saturated rings. The van der Waals surface area contributed by atoms with Crippen molar-refractivity contribution in [3.63, 3.8) is 0 Å². The summed E-state index contributed by atoms with van der Waals surface area (Å²) in [5.41, 5.74) is 1.85. The van der Waals surface area contributed by atoms with Gasteiger partial charge in [-0.25, -0.2) is 9.59 Å². The van der Waals surface area contributed by atoms with Gasteiger partial charge in [0.15, 0.2) is 0 Å². The van der Waals surface area contributed by atoms with Gasteiger partial charge in [-0.1, -0.05) is 119 Å². The first-order chi connectivity index (χ1) is 19.0. The molecule has 0 aliphatic heterocycles. The summed E-state index contributed by atoms with van der Waals surface area (Å²) in [6.45, 7) is 4.20. The van der Waals surface area contributed by atoms with Crippen LogP contribution in [0.2, 0.25) is 0 Å². The Kier molecular flexibility index (Phi) is 15.9. The van der Waals surface area contributed by atoms with Crippen LogP contribution in [0.4, 0.5) is 4.79 Å². The van der Waals surface area contributed by atoms with E-state index in [1.807, 2.05) is 48.5 Å². The molecule has 0 bridgehead atoms. The number of ether oxygens (including phenoxy) is 2. The second kappa shape index (κ2) is 19.6. The predicted molar refractivity (Wildman–Crippen MR) is 155 cm³/mol. The minimum Gasteiger partial charge on any atom is -0.464 e. The number of esters is 1. The molecule has 1 atom stereocenters. The quantitative estimate of drug-likeness (QED) is 0.124. The first-order valence-electron chi connectivity index (χ1n) is 14.3. The van der Waals surface area contributed by atoms with Crippen LogP contribution in [-0.4, -0.2) is 36.3 Å². The lowest BCUT2D eigenvalue weighted by atomic mass is 10.0. The summed E-state index contributed by atoms with van der Waals surface area (Å²) >= 11 is 0. The van der Waals surface area contributed by atoms with E-state index >= 15 is 0 Å². The van der Waals surface area contributed by atoms with E-state index in [0.717, 1.165) is 24.8 Å². The van der Waals surface area contributed by atoms with Crippen LogP contribution in [0.15, 0.2) is 65.7 Å². The molecule has 0 aromatic heterocycles. The van der Waals surface area contributed by atoms with Gasteiger partial charge in [-0.15, -0.1) is 0 Å². The largest absolute Gasteiger partial charge is 0.464 e. The lowest BCUT2D eigenvalue weighted by Gasteiger charge is -2.18. The van der Waals surface area contributed by atoms with E-state index in [-0.39, 0.29) is 25.5 Å². The number of hydrogen-bond acceptors (Lipinski definition) is 5. The van der Waals surface area contributed by atoms with Crippen molar-refractivity contribution in [1.82, 2.24) is 5.32 Å². The van der Waals surface area contributed by atoms with Crippen LogP contribution in [-0.2, 0) is 25.7 Å². The van der Waals surface area contributed by atoms with Crippen molar-refractivity contribution in [2.24, 2.45) is 4.99 Å². The summed E-state index contributed by atoms with van der Waals surface area (Å²) in [6.07, 6.45) is 9.99. The monoisotopic (exact) mass is 536 g/mol. The SMILES string of the molecule is CCCCCCCCCCCC(=O)N[C@@H](C/C(=N/C(=O)OCc1ccccc1)c1ccccc1)C(=O)OCC. The Balaban J connectivity index is 1.98. The molecule has 7 heteroatoms. The molecule has 0 saturated heterocycles. The van der Waals surface area contributed by atoms with Crippen LogP contribution in [0.3, 0.4) is 0 Å². The number of carbonyl (C=O) groups excluding carboxylic acids is 3. The fourth-order valence-electron chi connectivity index (χ4n) is 4.21. The normalized spacial score (nSPS) is 12.0. The van der Waals surface area contributed by atoms with E-state index in [4.69, 9.17) is 9.47 Å². The number of hydrogen-bond donors (Lipinski definition) is 1. The first kappa shape index (κ1) is 31.7. The van der Waals surface area contributed by atoms with Gasteiger partial charge < -0.3 is 14.8 Å². The Morgan fingerprint density at radius 3 is 1.97 bits per heavy atom. The van der Waals surface area contributed by atoms with Crippen molar-refractivity contribution < 1.29 is 23.9 Å². The van der Waals surface area contributed by atoms with Gasteiger partial charge in [0.05, 0.1) is 12.3 Å². The molecule has 0 aliphatic carbocycles. The van der Waals surface area contributed by atoms with Gasteiger partial charge in [0.2, 0.25) is 5.91 Å². The molecular formula is C32H44N2O5. The number of unbranched alkanes of at least 4 members (excludes halogenated alkanes) is 8. The summed E-state index contributed by atoms with van der Waals surface area (Å²) in [7, 11) is 0. The average Bonchev–Trinajstić information content (AvgIpc) is 2.95. The molecule has 0 heterocycles. The zero-order chi connectivity index (χ0) is 28.1. The van der Waals surface area contributed by atoms with E-state index in [0.29, 0.717) is 17.7 Å². The molecule has 0 spiro atoms. The van der Waals surface area contributed by atoms with Gasteiger partial charge in [-0.3, -0.25) is 4.79 Å². The van der Waals surface area contributed by atoms with Crippen LogP contribution < -0.4 is 5.32 Å². The highest BCUT2D eigenvalue weighted by molar-refractivity contribution is 6.07. The average molecular weight is 537 g/mol. The molecule has 2 aromatic rings. The first-order valence-corrected chi connectivity index (χ1v) is 14.3. The Morgan fingerprint density at radius 1 is 0.769 bits per heavy atom. The fourth-order valence-corrected chi connectivity index (χ4v) is 4.21. The van der Waals surface area contributed by atoms with Gasteiger partial charge in [-0.2, -0.15) is 4.99 Å². The van der Waals surface area contributed by atoms with Gasteiger partial charge >= 0.3 is 12.1 Å². The second-order valence-electron chi connectivity index (χ2n) is 9.62. The highest BCUT2D eigenvalue weighted by atomic mass is 16.5. The summed E-state index contributed by atoms with van der Waals surface area (Å²) < 4.78 is 10.6. The number of carbonyl (C=O) groups is 3. The van der Waals surface area contributed by atoms with Crippen LogP contribution in [0, 0.1) is 0 Å². The number of benzene rings is 2. The van der Waals surface area contributed by atoms with Crippen molar-refractivity contribution in [3.05, 3.63) is 71.8 Å². The molecule has 0 unspecified atom stereocenters. The molecule has 2 amide bonds. The molecule has 0 saturated carbocycles. The van der Waals surface area contributed by atoms with E-state index in [9.17, 15) is 14.4 Å². The van der Waals surface area contributed by atoms with Crippen molar-refractivity contribution in [2.45, 2.75) is 97.1 Å². The van der Waals surface area contributed by atoms with Gasteiger partial charge in [0.1, 0.15) is 12.6 Å². The summed E-state index contributed by atoms with van der Waals surface area (Å²) in [6, 6.07) is 17.5. The van der Waals surface area contributed by atoms with Crippen molar-refractivity contribution in [3.8, 4) is 0 Å². The molecule has 0 aliphatic rings. The van der Waals surface area contributed by atoms with Crippen LogP contribution in [0.5, 0.6) is 0 Å². The molecule has 212 valence electrons. The van der Waals surface area contributed by atoms with Crippen LogP contribution >= 0.6 is 0 Å². The van der Waals surface area contributed by atoms with Crippen molar-refractivity contribution in [1.29, 1.82) is 0 Å². The maximum atomic E-state index is 12.8. The number of aliphatic imine (C=N–C) groups is 1. The van der Waals surface area contributed by atoms with Gasteiger partial charge in [0, 0.05) is 12.8 Å². The Labute approximate surface area is 233 Å². The third-order valence-electron chi connectivity index (χ3n) is 6.35. The second-order valence-corrected chi connectivity index (χ2v) is 9.62. The lowest BCUT2D eigenvalue weighted by molar-refractivity contribution is -0.147. The molecule has 2 rings (SSSR count). The smallest absolute Gasteiger partial charge is 0.434 e. The molecule has 1 N–H and O–H groups in total. The lowest BCUT2D eigenvalue weighted by Crippen LogP contribution is -2.43. The topological polar surface area (TPSA) is 94.1 Å². The predicted octanol–water partition coefficient (Wildman–Crippen LogP) is 7.17. The van der Waals surface area contributed by atoms with Gasteiger partial charge in [0.25, 0.3) is 0 Å².